The summed E-state index contributed by atoms with van der Waals surface area (Å²) in [6, 6.07) is 5.51. The van der Waals surface area contributed by atoms with Gasteiger partial charge >= 0.3 is 5.97 Å². The molecule has 4 heteroatoms. The summed E-state index contributed by atoms with van der Waals surface area (Å²) in [6.45, 7) is 3.98. The van der Waals surface area contributed by atoms with Crippen LogP contribution < -0.4 is 0 Å². The average molecular weight is 258 g/mol. The Balaban J connectivity index is 2.61. The molecule has 1 aromatic carbocycles. The Hall–Kier alpha value is -2.10. The number of carboxylic acids is 1. The van der Waals surface area contributed by atoms with E-state index in [0.717, 1.165) is 35.2 Å². The van der Waals surface area contributed by atoms with Crippen LogP contribution in [0.5, 0.6) is 0 Å². The lowest BCUT2D eigenvalue weighted by atomic mass is 9.97. The fraction of sp³-hybridized carbons (Fsp3) is 0.333. The van der Waals surface area contributed by atoms with Gasteiger partial charge in [0.05, 0.1) is 11.3 Å². The number of aryl methyl sites for hydroxylation is 3. The Morgan fingerprint density at radius 3 is 2.74 bits per heavy atom. The second-order valence-electron chi connectivity index (χ2n) is 4.77. The molecule has 0 saturated heterocycles. The van der Waals surface area contributed by atoms with Gasteiger partial charge in [0.2, 0.25) is 0 Å². The lowest BCUT2D eigenvalue weighted by Gasteiger charge is -2.07. The normalized spacial score (nSPS) is 10.7. The van der Waals surface area contributed by atoms with Crippen LogP contribution in [-0.2, 0) is 13.5 Å². The first-order chi connectivity index (χ1) is 9.02. The van der Waals surface area contributed by atoms with Gasteiger partial charge in [-0.3, -0.25) is 4.68 Å². The van der Waals surface area contributed by atoms with Crippen LogP contribution in [0, 0.1) is 6.92 Å². The maximum Gasteiger partial charge on any atom is 0.336 e. The van der Waals surface area contributed by atoms with Crippen LogP contribution in [0.3, 0.4) is 0 Å². The molecular formula is C15H18N2O2. The Morgan fingerprint density at radius 2 is 2.11 bits per heavy atom. The van der Waals surface area contributed by atoms with Crippen molar-refractivity contribution in [2.75, 3.05) is 0 Å². The molecule has 0 aliphatic heterocycles. The first kappa shape index (κ1) is 13.3. The third kappa shape index (κ3) is 2.67. The van der Waals surface area contributed by atoms with Crippen molar-refractivity contribution < 1.29 is 9.90 Å². The molecule has 19 heavy (non-hydrogen) atoms. The van der Waals surface area contributed by atoms with E-state index >= 15 is 0 Å². The molecule has 0 bridgehead atoms. The van der Waals surface area contributed by atoms with E-state index in [0.29, 0.717) is 5.56 Å². The topological polar surface area (TPSA) is 55.1 Å². The zero-order valence-corrected chi connectivity index (χ0v) is 11.5. The fourth-order valence-corrected chi connectivity index (χ4v) is 2.25. The predicted octanol–water partition coefficient (Wildman–Crippen LogP) is 3.05. The monoisotopic (exact) mass is 258 g/mol. The second-order valence-corrected chi connectivity index (χ2v) is 4.77. The van der Waals surface area contributed by atoms with E-state index in [4.69, 9.17) is 0 Å². The Bertz CT molecular complexity index is 615. The molecule has 0 amide bonds. The zero-order chi connectivity index (χ0) is 14.0. The summed E-state index contributed by atoms with van der Waals surface area (Å²) in [7, 11) is 1.86. The summed E-state index contributed by atoms with van der Waals surface area (Å²) in [5.41, 5.74) is 3.90. The van der Waals surface area contributed by atoms with Gasteiger partial charge in [-0.15, -0.1) is 0 Å². The molecule has 4 nitrogen and oxygen atoms in total. The highest BCUT2D eigenvalue weighted by Crippen LogP contribution is 2.28. The number of aromatic carboxylic acids is 1. The first-order valence-corrected chi connectivity index (χ1v) is 6.39. The van der Waals surface area contributed by atoms with Crippen LogP contribution in [-0.4, -0.2) is 20.9 Å². The van der Waals surface area contributed by atoms with Gasteiger partial charge in [-0.2, -0.15) is 5.10 Å². The van der Waals surface area contributed by atoms with Crippen molar-refractivity contribution in [1.82, 2.24) is 9.78 Å². The summed E-state index contributed by atoms with van der Waals surface area (Å²) in [4.78, 5) is 11.4. The highest BCUT2D eigenvalue weighted by Gasteiger charge is 2.16. The highest BCUT2D eigenvalue weighted by molar-refractivity contribution is 5.96. The van der Waals surface area contributed by atoms with Gasteiger partial charge in [0.1, 0.15) is 0 Å². The van der Waals surface area contributed by atoms with Crippen molar-refractivity contribution in [3.8, 4) is 11.1 Å². The van der Waals surface area contributed by atoms with Gasteiger partial charge < -0.3 is 5.11 Å². The van der Waals surface area contributed by atoms with Gasteiger partial charge in [0.25, 0.3) is 0 Å². The van der Waals surface area contributed by atoms with E-state index in [-0.39, 0.29) is 0 Å². The van der Waals surface area contributed by atoms with Crippen molar-refractivity contribution in [1.29, 1.82) is 0 Å². The molecule has 0 spiro atoms. The van der Waals surface area contributed by atoms with Crippen molar-refractivity contribution in [3.63, 3.8) is 0 Å². The summed E-state index contributed by atoms with van der Waals surface area (Å²) in [5, 5.41) is 13.8. The number of hydrogen-bond acceptors (Lipinski definition) is 2. The van der Waals surface area contributed by atoms with Gasteiger partial charge in [-0.25, -0.2) is 4.79 Å². The second kappa shape index (κ2) is 5.26. The van der Waals surface area contributed by atoms with E-state index < -0.39 is 5.97 Å². The standard InChI is InChI=1S/C15H18N2O2/c1-4-5-14-13(9-17(3)16-14)11-7-6-10(2)8-12(11)15(18)19/h6-9H,4-5H2,1-3H3,(H,18,19). The molecule has 1 N–H and O–H groups in total. The molecule has 0 aliphatic carbocycles. The van der Waals surface area contributed by atoms with E-state index in [1.165, 1.54) is 0 Å². The number of carbonyl (C=O) groups is 1. The molecule has 1 aromatic heterocycles. The highest BCUT2D eigenvalue weighted by atomic mass is 16.4. The van der Waals surface area contributed by atoms with Crippen molar-refractivity contribution in [2.24, 2.45) is 7.05 Å². The van der Waals surface area contributed by atoms with Crippen LogP contribution in [0.2, 0.25) is 0 Å². The predicted molar refractivity (Wildman–Crippen MR) is 74.3 cm³/mol. The third-order valence-corrected chi connectivity index (χ3v) is 3.09. The molecule has 0 atom stereocenters. The average Bonchev–Trinajstić information content (AvgIpc) is 2.70. The van der Waals surface area contributed by atoms with Crippen LogP contribution in [0.15, 0.2) is 24.4 Å². The van der Waals surface area contributed by atoms with Crippen molar-refractivity contribution in [2.45, 2.75) is 26.7 Å². The number of carboxylic acid groups (broad SMARTS) is 1. The maximum atomic E-state index is 11.4. The van der Waals surface area contributed by atoms with Crippen molar-refractivity contribution in [3.05, 3.63) is 41.2 Å². The number of aromatic nitrogens is 2. The first-order valence-electron chi connectivity index (χ1n) is 6.39. The summed E-state index contributed by atoms with van der Waals surface area (Å²) in [5.74, 6) is -0.898. The third-order valence-electron chi connectivity index (χ3n) is 3.09. The minimum absolute atomic E-state index is 0.338. The van der Waals surface area contributed by atoms with E-state index in [2.05, 4.69) is 12.0 Å². The molecule has 0 radical (unpaired) electrons. The van der Waals surface area contributed by atoms with Crippen LogP contribution in [0.1, 0.15) is 35.0 Å². The SMILES string of the molecule is CCCc1nn(C)cc1-c1ccc(C)cc1C(=O)O. The molecule has 0 saturated carbocycles. The lowest BCUT2D eigenvalue weighted by Crippen LogP contribution is -2.01. The van der Waals surface area contributed by atoms with Gasteiger partial charge in [-0.1, -0.05) is 31.0 Å². The summed E-state index contributed by atoms with van der Waals surface area (Å²) < 4.78 is 1.74. The van der Waals surface area contributed by atoms with E-state index in [1.807, 2.05) is 32.3 Å². The van der Waals surface area contributed by atoms with E-state index in [1.54, 1.807) is 10.7 Å². The molecular weight excluding hydrogens is 240 g/mol. The quantitative estimate of drug-likeness (QED) is 0.917. The van der Waals surface area contributed by atoms with Gasteiger partial charge in [0, 0.05) is 18.8 Å². The van der Waals surface area contributed by atoms with Gasteiger partial charge in [-0.05, 0) is 25.0 Å². The number of rotatable bonds is 4. The molecule has 100 valence electrons. The van der Waals surface area contributed by atoms with Crippen LogP contribution in [0.25, 0.3) is 11.1 Å². The Kier molecular flexibility index (Phi) is 3.69. The molecule has 0 fully saturated rings. The minimum Gasteiger partial charge on any atom is -0.478 e. The van der Waals surface area contributed by atoms with Gasteiger partial charge in [0.15, 0.2) is 0 Å². The molecule has 2 rings (SSSR count). The molecule has 1 heterocycles. The summed E-state index contributed by atoms with van der Waals surface area (Å²) in [6.07, 6.45) is 3.73. The number of benzene rings is 1. The van der Waals surface area contributed by atoms with Crippen molar-refractivity contribution >= 4 is 5.97 Å². The molecule has 0 unspecified atom stereocenters. The number of hydrogen-bond donors (Lipinski definition) is 1. The van der Waals surface area contributed by atoms with Crippen LogP contribution in [0.4, 0.5) is 0 Å². The Labute approximate surface area is 112 Å². The molecule has 2 aromatic rings. The molecule has 0 aliphatic rings. The van der Waals surface area contributed by atoms with E-state index in [9.17, 15) is 9.90 Å². The lowest BCUT2D eigenvalue weighted by molar-refractivity contribution is 0.0697. The maximum absolute atomic E-state index is 11.4. The number of nitrogens with zero attached hydrogens (tertiary/aromatic N) is 2. The minimum atomic E-state index is -0.898. The smallest absolute Gasteiger partial charge is 0.336 e. The fourth-order valence-electron chi connectivity index (χ4n) is 2.25. The Morgan fingerprint density at radius 1 is 1.37 bits per heavy atom. The largest absolute Gasteiger partial charge is 0.478 e. The zero-order valence-electron chi connectivity index (χ0n) is 11.5. The van der Waals surface area contributed by atoms with Crippen LogP contribution >= 0.6 is 0 Å². The summed E-state index contributed by atoms with van der Waals surface area (Å²) >= 11 is 0.